The topological polar surface area (TPSA) is 41.9 Å². The molecule has 0 radical (unpaired) electrons. The Kier molecular flexibility index (Phi) is 6.33. The van der Waals surface area contributed by atoms with E-state index in [0.717, 1.165) is 33.8 Å². The summed E-state index contributed by atoms with van der Waals surface area (Å²) in [4.78, 5) is 20.2. The van der Waals surface area contributed by atoms with E-state index in [0.29, 0.717) is 17.4 Å². The fraction of sp³-hybridized carbons (Fsp3) is 0.259. The van der Waals surface area contributed by atoms with E-state index in [4.69, 9.17) is 21.3 Å². The summed E-state index contributed by atoms with van der Waals surface area (Å²) in [7, 11) is 3.45. The molecule has 5 heteroatoms. The number of carbonyl (C=O) groups excluding carboxylic acids is 1. The Hall–Kier alpha value is -3.11. The summed E-state index contributed by atoms with van der Waals surface area (Å²) in [6, 6.07) is 21.2. The van der Waals surface area contributed by atoms with Crippen LogP contribution in [0.4, 0.5) is 5.69 Å². The monoisotopic (exact) mass is 446 g/mol. The molecule has 1 aliphatic rings. The van der Waals surface area contributed by atoms with E-state index < -0.39 is 6.04 Å². The van der Waals surface area contributed by atoms with Crippen molar-refractivity contribution in [3.05, 3.63) is 94.0 Å². The third-order valence-corrected chi connectivity index (χ3v) is 6.12. The zero-order valence-corrected chi connectivity index (χ0v) is 19.6. The first kappa shape index (κ1) is 22.1. The van der Waals surface area contributed by atoms with Crippen LogP contribution in [0.15, 0.2) is 71.7 Å². The average molecular weight is 447 g/mol. The third-order valence-electron chi connectivity index (χ3n) is 5.89. The largest absolute Gasteiger partial charge is 0.497 e. The molecule has 0 fully saturated rings. The molecule has 0 N–H and O–H groups in total. The number of hydrogen-bond acceptors (Lipinski definition) is 3. The Bertz CT molecular complexity index is 1170. The highest BCUT2D eigenvalue weighted by Crippen LogP contribution is 2.31. The second-order valence-corrected chi connectivity index (χ2v) is 8.82. The van der Waals surface area contributed by atoms with Gasteiger partial charge < -0.3 is 9.64 Å². The molecule has 1 heterocycles. The molecule has 0 saturated heterocycles. The molecular formula is C27H27ClN2O2. The fourth-order valence-corrected chi connectivity index (χ4v) is 4.20. The van der Waals surface area contributed by atoms with Gasteiger partial charge in [0, 0.05) is 29.6 Å². The van der Waals surface area contributed by atoms with Crippen molar-refractivity contribution >= 4 is 28.9 Å². The number of carbonyl (C=O) groups is 1. The summed E-state index contributed by atoms with van der Waals surface area (Å²) in [5.74, 6) is 1.16. The lowest BCUT2D eigenvalue weighted by molar-refractivity contribution is -0.119. The number of rotatable bonds is 5. The minimum atomic E-state index is -0.536. The van der Waals surface area contributed by atoms with Gasteiger partial charge in [0.15, 0.2) is 0 Å². The van der Waals surface area contributed by atoms with E-state index in [1.165, 1.54) is 5.56 Å². The number of amides is 1. The number of anilines is 1. The lowest BCUT2D eigenvalue weighted by atomic mass is 9.97. The van der Waals surface area contributed by atoms with E-state index in [9.17, 15) is 4.79 Å². The summed E-state index contributed by atoms with van der Waals surface area (Å²) < 4.78 is 5.31. The first-order chi connectivity index (χ1) is 15.4. The van der Waals surface area contributed by atoms with Gasteiger partial charge in [-0.25, -0.2) is 0 Å². The van der Waals surface area contributed by atoms with Crippen LogP contribution >= 0.6 is 11.6 Å². The van der Waals surface area contributed by atoms with Gasteiger partial charge in [0.1, 0.15) is 11.8 Å². The Labute approximate surface area is 194 Å². The summed E-state index contributed by atoms with van der Waals surface area (Å²) >= 11 is 6.35. The SMILES string of the molecule is COc1ccc(C2=NC(Cc3cccc(C(C)C)c3)C(=O)N(C)c3ccc(Cl)cc32)cc1. The number of halogens is 1. The minimum absolute atomic E-state index is 0.0352. The molecule has 1 amide bonds. The number of ether oxygens (including phenoxy) is 1. The van der Waals surface area contributed by atoms with E-state index in [1.54, 1.807) is 19.1 Å². The highest BCUT2D eigenvalue weighted by molar-refractivity contribution is 6.32. The van der Waals surface area contributed by atoms with Gasteiger partial charge in [0.25, 0.3) is 5.91 Å². The second-order valence-electron chi connectivity index (χ2n) is 8.38. The van der Waals surface area contributed by atoms with Crippen molar-refractivity contribution in [2.75, 3.05) is 19.1 Å². The normalized spacial score (nSPS) is 15.9. The quantitative estimate of drug-likeness (QED) is 0.489. The van der Waals surface area contributed by atoms with Crippen molar-refractivity contribution in [2.24, 2.45) is 4.99 Å². The maximum Gasteiger partial charge on any atom is 0.251 e. The molecular weight excluding hydrogens is 420 g/mol. The molecule has 3 aromatic carbocycles. The maximum atomic E-state index is 13.5. The van der Waals surface area contributed by atoms with Crippen LogP contribution in [0.2, 0.25) is 5.02 Å². The molecule has 0 bridgehead atoms. The summed E-state index contributed by atoms with van der Waals surface area (Å²) in [6.07, 6.45) is 0.533. The smallest absolute Gasteiger partial charge is 0.251 e. The first-order valence-electron chi connectivity index (χ1n) is 10.8. The standard InChI is InChI=1S/C27H27ClN2O2/c1-17(2)20-7-5-6-18(14-20)15-24-27(31)30(3)25-13-10-21(28)16-23(25)26(29-24)19-8-11-22(32-4)12-9-19/h5-14,16-17,24H,15H2,1-4H3. The van der Waals surface area contributed by atoms with Crippen molar-refractivity contribution < 1.29 is 9.53 Å². The van der Waals surface area contributed by atoms with Crippen LogP contribution < -0.4 is 9.64 Å². The van der Waals surface area contributed by atoms with Crippen LogP contribution in [-0.2, 0) is 11.2 Å². The Morgan fingerprint density at radius 3 is 2.50 bits per heavy atom. The number of nitrogens with zero attached hydrogens (tertiary/aromatic N) is 2. The zero-order chi connectivity index (χ0) is 22.8. The summed E-state index contributed by atoms with van der Waals surface area (Å²) in [5, 5.41) is 0.605. The van der Waals surface area contributed by atoms with Crippen molar-refractivity contribution in [1.82, 2.24) is 0 Å². The van der Waals surface area contributed by atoms with Crippen LogP contribution in [0.1, 0.15) is 42.0 Å². The molecule has 164 valence electrons. The molecule has 0 spiro atoms. The van der Waals surface area contributed by atoms with Gasteiger partial charge in [0.2, 0.25) is 0 Å². The van der Waals surface area contributed by atoms with E-state index in [1.807, 2.05) is 42.5 Å². The fourth-order valence-electron chi connectivity index (χ4n) is 4.03. The highest BCUT2D eigenvalue weighted by Gasteiger charge is 2.30. The van der Waals surface area contributed by atoms with Crippen LogP contribution in [0.5, 0.6) is 5.75 Å². The van der Waals surface area contributed by atoms with Crippen LogP contribution in [-0.4, -0.2) is 31.8 Å². The zero-order valence-electron chi connectivity index (χ0n) is 18.8. The predicted molar refractivity (Wildman–Crippen MR) is 132 cm³/mol. The number of benzodiazepines with no additional fused rings is 1. The number of fused-ring (bicyclic) bond motifs is 1. The van der Waals surface area contributed by atoms with E-state index >= 15 is 0 Å². The van der Waals surface area contributed by atoms with Gasteiger partial charge in [-0.2, -0.15) is 0 Å². The molecule has 1 unspecified atom stereocenters. The van der Waals surface area contributed by atoms with Crippen LogP contribution in [0.25, 0.3) is 0 Å². The van der Waals surface area contributed by atoms with Gasteiger partial charge in [-0.3, -0.25) is 9.79 Å². The van der Waals surface area contributed by atoms with Crippen molar-refractivity contribution in [2.45, 2.75) is 32.2 Å². The summed E-state index contributed by atoms with van der Waals surface area (Å²) in [6.45, 7) is 4.34. The van der Waals surface area contributed by atoms with Gasteiger partial charge in [-0.15, -0.1) is 0 Å². The van der Waals surface area contributed by atoms with Crippen LogP contribution in [0.3, 0.4) is 0 Å². The molecule has 0 aromatic heterocycles. The molecule has 0 saturated carbocycles. The summed E-state index contributed by atoms with van der Waals surface area (Å²) in [5.41, 5.74) is 5.67. The third kappa shape index (κ3) is 4.42. The van der Waals surface area contributed by atoms with Gasteiger partial charge >= 0.3 is 0 Å². The molecule has 3 aromatic rings. The van der Waals surface area contributed by atoms with Crippen molar-refractivity contribution in [3.63, 3.8) is 0 Å². The lowest BCUT2D eigenvalue weighted by Crippen LogP contribution is -2.36. The van der Waals surface area contributed by atoms with Gasteiger partial charge in [-0.1, -0.05) is 49.7 Å². The molecule has 4 nitrogen and oxygen atoms in total. The number of aliphatic imine (C=N–C) groups is 1. The number of benzene rings is 3. The lowest BCUT2D eigenvalue weighted by Gasteiger charge is -2.21. The Morgan fingerprint density at radius 2 is 1.81 bits per heavy atom. The molecule has 0 aliphatic carbocycles. The maximum absolute atomic E-state index is 13.5. The molecule has 32 heavy (non-hydrogen) atoms. The van der Waals surface area contributed by atoms with Crippen molar-refractivity contribution in [3.8, 4) is 5.75 Å². The van der Waals surface area contributed by atoms with Crippen molar-refractivity contribution in [1.29, 1.82) is 0 Å². The van der Waals surface area contributed by atoms with Crippen LogP contribution in [0, 0.1) is 0 Å². The van der Waals surface area contributed by atoms with Gasteiger partial charge in [-0.05, 0) is 59.5 Å². The number of methoxy groups -OCH3 is 1. The first-order valence-corrected chi connectivity index (χ1v) is 11.1. The minimum Gasteiger partial charge on any atom is -0.497 e. The number of hydrogen-bond donors (Lipinski definition) is 0. The average Bonchev–Trinajstić information content (AvgIpc) is 2.89. The van der Waals surface area contributed by atoms with E-state index in [-0.39, 0.29) is 5.91 Å². The Balaban J connectivity index is 1.82. The predicted octanol–water partition coefficient (Wildman–Crippen LogP) is 5.90. The molecule has 4 rings (SSSR count). The Morgan fingerprint density at radius 1 is 1.06 bits per heavy atom. The highest BCUT2D eigenvalue weighted by atomic mass is 35.5. The molecule has 1 aliphatic heterocycles. The van der Waals surface area contributed by atoms with Gasteiger partial charge in [0.05, 0.1) is 18.5 Å². The second kappa shape index (κ2) is 9.17. The molecule has 1 atom stereocenters. The number of likely N-dealkylation sites (N-methyl/N-ethyl adjacent to an activating group) is 1. The van der Waals surface area contributed by atoms with E-state index in [2.05, 4.69) is 38.1 Å².